The highest BCUT2D eigenvalue weighted by Gasteiger charge is 2.39. The van der Waals surface area contributed by atoms with Crippen LogP contribution in [0.5, 0.6) is 0 Å². The van der Waals surface area contributed by atoms with Crippen molar-refractivity contribution in [3.8, 4) is 11.3 Å². The van der Waals surface area contributed by atoms with Gasteiger partial charge in [0.2, 0.25) is 5.91 Å². The van der Waals surface area contributed by atoms with E-state index in [0.717, 1.165) is 62.2 Å². The Kier molecular flexibility index (Phi) is 6.61. The fourth-order valence-corrected chi connectivity index (χ4v) is 5.56. The zero-order valence-electron chi connectivity index (χ0n) is 22.2. The summed E-state index contributed by atoms with van der Waals surface area (Å²) in [6.45, 7) is 5.62. The summed E-state index contributed by atoms with van der Waals surface area (Å²) in [6, 6.07) is 5.48. The molecule has 2 amide bonds. The molecule has 2 fully saturated rings. The first-order valence-corrected chi connectivity index (χ1v) is 13.2. The summed E-state index contributed by atoms with van der Waals surface area (Å²) in [6.07, 6.45) is 10.1. The summed E-state index contributed by atoms with van der Waals surface area (Å²) < 4.78 is 7.25. The minimum atomic E-state index is -0.305. The van der Waals surface area contributed by atoms with Crippen LogP contribution >= 0.6 is 0 Å². The number of likely N-dealkylation sites (tertiary alicyclic amines) is 1. The number of hydrogen-bond donors (Lipinski definition) is 3. The van der Waals surface area contributed by atoms with Gasteiger partial charge >= 0.3 is 0 Å². The topological polar surface area (TPSA) is 130 Å². The summed E-state index contributed by atoms with van der Waals surface area (Å²) in [5.74, 6) is -0.394. The van der Waals surface area contributed by atoms with Gasteiger partial charge in [0.1, 0.15) is 5.65 Å². The van der Waals surface area contributed by atoms with Crippen LogP contribution in [-0.2, 0) is 16.6 Å². The summed E-state index contributed by atoms with van der Waals surface area (Å²) >= 11 is 0. The zero-order chi connectivity index (χ0) is 27.0. The van der Waals surface area contributed by atoms with Gasteiger partial charge < -0.3 is 20.4 Å². The van der Waals surface area contributed by atoms with Gasteiger partial charge in [0, 0.05) is 50.1 Å². The van der Waals surface area contributed by atoms with Gasteiger partial charge in [-0.05, 0) is 56.3 Å². The van der Waals surface area contributed by atoms with Crippen molar-refractivity contribution in [2.75, 3.05) is 43.5 Å². The minimum absolute atomic E-state index is 0.0893. The molecule has 0 atom stereocenters. The maximum Gasteiger partial charge on any atom is 0.257 e. The molecular formula is C28H32N8O3. The van der Waals surface area contributed by atoms with Crippen molar-refractivity contribution in [3.63, 3.8) is 0 Å². The first-order valence-electron chi connectivity index (χ1n) is 13.2. The molecule has 11 nitrogen and oxygen atoms in total. The number of carbonyl (C=O) groups is 2. The molecule has 0 bridgehead atoms. The first kappa shape index (κ1) is 25.2. The highest BCUT2D eigenvalue weighted by Crippen LogP contribution is 2.39. The van der Waals surface area contributed by atoms with Gasteiger partial charge in [0.05, 0.1) is 47.3 Å². The monoisotopic (exact) mass is 528 g/mol. The Bertz CT molecular complexity index is 1530. The van der Waals surface area contributed by atoms with E-state index in [0.29, 0.717) is 40.2 Å². The number of anilines is 2. The third kappa shape index (κ3) is 5.41. The number of fused-ring (bicyclic) bond motifs is 1. The van der Waals surface area contributed by atoms with Crippen LogP contribution in [0.25, 0.3) is 22.3 Å². The van der Waals surface area contributed by atoms with Crippen LogP contribution in [0.3, 0.4) is 0 Å². The number of rotatable bonds is 6. The van der Waals surface area contributed by atoms with E-state index in [4.69, 9.17) is 4.74 Å². The average molecular weight is 529 g/mol. The van der Waals surface area contributed by atoms with Gasteiger partial charge in [-0.15, -0.1) is 0 Å². The second-order valence-corrected chi connectivity index (χ2v) is 10.7. The minimum Gasteiger partial charge on any atom is -0.381 e. The van der Waals surface area contributed by atoms with E-state index in [9.17, 15) is 9.59 Å². The number of carbonyl (C=O) groups excluding carboxylic acids is 2. The molecule has 0 aliphatic carbocycles. The SMILES string of the molecule is Cc1ncc(NC(=O)CN2CCC3(CCOCC3)C2)cc1NC(=O)c1cnc2[nH]c(-c3cnn(C)c3)cc2c1. The molecule has 39 heavy (non-hydrogen) atoms. The van der Waals surface area contributed by atoms with E-state index in [2.05, 4.69) is 35.6 Å². The van der Waals surface area contributed by atoms with Gasteiger partial charge in [-0.1, -0.05) is 0 Å². The number of nitrogens with one attached hydrogen (secondary N) is 3. The molecule has 6 rings (SSSR count). The van der Waals surface area contributed by atoms with E-state index in [-0.39, 0.29) is 11.8 Å². The van der Waals surface area contributed by atoms with Crippen molar-refractivity contribution in [2.24, 2.45) is 12.5 Å². The number of hydrogen-bond acceptors (Lipinski definition) is 7. The Morgan fingerprint density at radius 2 is 1.92 bits per heavy atom. The van der Waals surface area contributed by atoms with Crippen molar-refractivity contribution in [2.45, 2.75) is 26.2 Å². The van der Waals surface area contributed by atoms with E-state index in [1.54, 1.807) is 29.2 Å². The molecule has 2 aliphatic rings. The molecule has 2 aliphatic heterocycles. The number of aromatic nitrogens is 5. The standard InChI is InChI=1S/C28H32N8O3/c1-18-23(11-22(14-29-18)32-25(37)16-36-6-3-28(17-36)4-7-39-8-5-28)34-27(38)20-9-19-10-24(33-26(19)30-12-20)21-13-31-35(2)15-21/h9-15H,3-8,16-17H2,1-2H3,(H,30,33)(H,32,37)(H,34,38). The van der Waals surface area contributed by atoms with Crippen LogP contribution in [0.15, 0.2) is 43.0 Å². The molecule has 11 heteroatoms. The molecule has 0 unspecified atom stereocenters. The zero-order valence-corrected chi connectivity index (χ0v) is 22.2. The molecule has 202 valence electrons. The Hall–Kier alpha value is -4.09. The van der Waals surface area contributed by atoms with Gasteiger partial charge in [-0.2, -0.15) is 5.10 Å². The van der Waals surface area contributed by atoms with Crippen LogP contribution in [0.4, 0.5) is 11.4 Å². The maximum absolute atomic E-state index is 13.1. The fourth-order valence-electron chi connectivity index (χ4n) is 5.56. The average Bonchev–Trinajstić information content (AvgIpc) is 3.64. The summed E-state index contributed by atoms with van der Waals surface area (Å²) in [5.41, 5.74) is 4.94. The van der Waals surface area contributed by atoms with E-state index in [1.165, 1.54) is 6.20 Å². The number of H-pyrrole nitrogens is 1. The van der Waals surface area contributed by atoms with Crippen molar-refractivity contribution in [1.82, 2.24) is 29.6 Å². The lowest BCUT2D eigenvalue weighted by Crippen LogP contribution is -2.36. The van der Waals surface area contributed by atoms with Gasteiger partial charge in [-0.3, -0.25) is 24.2 Å². The van der Waals surface area contributed by atoms with E-state index >= 15 is 0 Å². The smallest absolute Gasteiger partial charge is 0.257 e. The Balaban J connectivity index is 1.10. The quantitative estimate of drug-likeness (QED) is 0.350. The number of amides is 2. The maximum atomic E-state index is 13.1. The molecule has 2 saturated heterocycles. The van der Waals surface area contributed by atoms with Crippen molar-refractivity contribution >= 4 is 34.2 Å². The molecule has 6 heterocycles. The van der Waals surface area contributed by atoms with Crippen LogP contribution in [0.1, 0.15) is 35.3 Å². The Morgan fingerprint density at radius 1 is 1.08 bits per heavy atom. The van der Waals surface area contributed by atoms with Gasteiger partial charge in [-0.25, -0.2) is 4.98 Å². The van der Waals surface area contributed by atoms with E-state index in [1.807, 2.05) is 26.2 Å². The molecule has 0 saturated carbocycles. The first-order chi connectivity index (χ1) is 18.9. The van der Waals surface area contributed by atoms with Crippen molar-refractivity contribution in [3.05, 3.63) is 54.2 Å². The predicted molar refractivity (Wildman–Crippen MR) is 147 cm³/mol. The fraction of sp³-hybridized carbons (Fsp3) is 0.393. The lowest BCUT2D eigenvalue weighted by atomic mass is 9.80. The highest BCUT2D eigenvalue weighted by molar-refractivity contribution is 6.06. The lowest BCUT2D eigenvalue weighted by molar-refractivity contribution is -0.117. The van der Waals surface area contributed by atoms with Gasteiger partial charge in [0.25, 0.3) is 5.91 Å². The molecular weight excluding hydrogens is 496 g/mol. The Morgan fingerprint density at radius 3 is 2.72 bits per heavy atom. The summed E-state index contributed by atoms with van der Waals surface area (Å²) in [4.78, 5) is 40.2. The number of aryl methyl sites for hydroxylation is 2. The van der Waals surface area contributed by atoms with Gasteiger partial charge in [0.15, 0.2) is 0 Å². The van der Waals surface area contributed by atoms with Crippen LogP contribution in [-0.4, -0.2) is 74.3 Å². The number of nitrogens with zero attached hydrogens (tertiary/aromatic N) is 5. The largest absolute Gasteiger partial charge is 0.381 e. The summed E-state index contributed by atoms with van der Waals surface area (Å²) in [7, 11) is 1.86. The number of pyridine rings is 2. The van der Waals surface area contributed by atoms with Crippen LogP contribution in [0.2, 0.25) is 0 Å². The Labute approximate surface area is 226 Å². The van der Waals surface area contributed by atoms with Crippen LogP contribution < -0.4 is 10.6 Å². The third-order valence-corrected chi connectivity index (χ3v) is 7.81. The number of ether oxygens (including phenoxy) is 1. The predicted octanol–water partition coefficient (Wildman–Crippen LogP) is 3.36. The molecule has 1 spiro atoms. The molecule has 3 N–H and O–H groups in total. The lowest BCUT2D eigenvalue weighted by Gasteiger charge is -2.33. The highest BCUT2D eigenvalue weighted by atomic mass is 16.5. The second-order valence-electron chi connectivity index (χ2n) is 10.7. The number of aromatic amines is 1. The molecule has 0 radical (unpaired) electrons. The third-order valence-electron chi connectivity index (χ3n) is 7.81. The second kappa shape index (κ2) is 10.2. The van der Waals surface area contributed by atoms with Crippen LogP contribution in [0, 0.1) is 12.3 Å². The van der Waals surface area contributed by atoms with Crippen molar-refractivity contribution < 1.29 is 14.3 Å². The normalized spacial score (nSPS) is 17.1. The molecule has 4 aromatic rings. The van der Waals surface area contributed by atoms with Crippen molar-refractivity contribution in [1.29, 1.82) is 0 Å². The molecule has 0 aromatic carbocycles. The summed E-state index contributed by atoms with van der Waals surface area (Å²) in [5, 5.41) is 10.9. The van der Waals surface area contributed by atoms with E-state index < -0.39 is 0 Å². The molecule has 4 aromatic heterocycles.